The lowest BCUT2D eigenvalue weighted by Gasteiger charge is -2.19. The van der Waals surface area contributed by atoms with Crippen LogP contribution in [0.15, 0.2) is 41.6 Å². The molecule has 0 aromatic heterocycles. The summed E-state index contributed by atoms with van der Waals surface area (Å²) in [5, 5.41) is 12.7. The van der Waals surface area contributed by atoms with Crippen LogP contribution < -0.4 is 9.47 Å². The van der Waals surface area contributed by atoms with E-state index in [1.54, 1.807) is 7.11 Å². The van der Waals surface area contributed by atoms with Gasteiger partial charge in [0.1, 0.15) is 0 Å². The Morgan fingerprint density at radius 2 is 1.69 bits per heavy atom. The average molecular weight is 351 g/mol. The zero-order valence-corrected chi connectivity index (χ0v) is 15.2. The van der Waals surface area contributed by atoms with Crippen LogP contribution in [0.2, 0.25) is 0 Å². The van der Waals surface area contributed by atoms with E-state index >= 15 is 0 Å². The van der Waals surface area contributed by atoms with Crippen LogP contribution >= 0.6 is 0 Å². The van der Waals surface area contributed by atoms with Gasteiger partial charge >= 0.3 is 0 Å². The average Bonchev–Trinajstić information content (AvgIpc) is 3.20. The molecule has 2 aliphatic rings. The Morgan fingerprint density at radius 3 is 2.46 bits per heavy atom. The zero-order valence-electron chi connectivity index (χ0n) is 15.2. The maximum atomic E-state index is 9.21. The van der Waals surface area contributed by atoms with Gasteiger partial charge in [0.2, 0.25) is 0 Å². The van der Waals surface area contributed by atoms with Crippen molar-refractivity contribution in [2.45, 2.75) is 51.0 Å². The van der Waals surface area contributed by atoms with Gasteiger partial charge in [0.15, 0.2) is 11.5 Å². The van der Waals surface area contributed by atoms with E-state index in [1.807, 2.05) is 6.07 Å². The molecular formula is C22H25NO3. The molecule has 0 saturated heterocycles. The smallest absolute Gasteiger partial charge is 0.162 e. The Morgan fingerprint density at radius 1 is 0.923 bits per heavy atom. The van der Waals surface area contributed by atoms with Crippen molar-refractivity contribution in [2.75, 3.05) is 7.11 Å². The molecule has 4 rings (SSSR count). The van der Waals surface area contributed by atoms with Crippen molar-refractivity contribution in [3.63, 3.8) is 0 Å². The summed E-state index contributed by atoms with van der Waals surface area (Å²) in [6.07, 6.45) is 7.90. The van der Waals surface area contributed by atoms with Crippen molar-refractivity contribution >= 4 is 5.71 Å². The molecule has 1 N–H and O–H groups in total. The largest absolute Gasteiger partial charge is 0.493 e. The van der Waals surface area contributed by atoms with E-state index in [4.69, 9.17) is 9.47 Å². The number of hydrogen-bond donors (Lipinski definition) is 1. The van der Waals surface area contributed by atoms with Crippen LogP contribution in [0.25, 0.3) is 11.1 Å². The molecule has 136 valence electrons. The highest BCUT2D eigenvalue weighted by Gasteiger charge is 2.20. The van der Waals surface area contributed by atoms with Gasteiger partial charge in [-0.15, -0.1) is 0 Å². The van der Waals surface area contributed by atoms with Gasteiger partial charge in [0, 0.05) is 5.56 Å². The second-order valence-electron chi connectivity index (χ2n) is 7.16. The molecule has 0 bridgehead atoms. The zero-order chi connectivity index (χ0) is 17.9. The molecule has 0 amide bonds. The fourth-order valence-corrected chi connectivity index (χ4v) is 4.08. The number of aryl methyl sites for hydroxylation is 1. The predicted octanol–water partition coefficient (Wildman–Crippen LogP) is 5.20. The highest BCUT2D eigenvalue weighted by molar-refractivity contribution is 6.02. The second-order valence-corrected chi connectivity index (χ2v) is 7.16. The number of benzene rings is 2. The Labute approximate surface area is 154 Å². The molecule has 0 heterocycles. The first kappa shape index (κ1) is 17.0. The summed E-state index contributed by atoms with van der Waals surface area (Å²) in [5.41, 5.74) is 5.38. The topological polar surface area (TPSA) is 51.0 Å². The molecule has 2 aliphatic carbocycles. The number of ether oxygens (including phenoxy) is 2. The van der Waals surface area contributed by atoms with Crippen LogP contribution in [0.1, 0.15) is 49.7 Å². The van der Waals surface area contributed by atoms with Crippen molar-refractivity contribution in [3.8, 4) is 22.6 Å². The van der Waals surface area contributed by atoms with Gasteiger partial charge < -0.3 is 14.7 Å². The normalized spacial score (nSPS) is 18.7. The third kappa shape index (κ3) is 3.28. The molecule has 2 aromatic rings. The number of oxime groups is 1. The molecule has 2 aromatic carbocycles. The van der Waals surface area contributed by atoms with E-state index < -0.39 is 0 Å². The summed E-state index contributed by atoms with van der Waals surface area (Å²) in [5.74, 6) is 1.61. The number of hydrogen-bond acceptors (Lipinski definition) is 4. The number of fused-ring (bicyclic) bond motifs is 1. The lowest BCUT2D eigenvalue weighted by molar-refractivity contribution is 0.201. The summed E-state index contributed by atoms with van der Waals surface area (Å²) >= 11 is 0. The number of methoxy groups -OCH3 is 1. The Balaban J connectivity index is 1.67. The van der Waals surface area contributed by atoms with E-state index in [9.17, 15) is 5.21 Å². The van der Waals surface area contributed by atoms with Crippen LogP contribution in [0.5, 0.6) is 11.5 Å². The van der Waals surface area contributed by atoms with Gasteiger partial charge in [0.25, 0.3) is 0 Å². The minimum atomic E-state index is 0.297. The van der Waals surface area contributed by atoms with Crippen LogP contribution in [0, 0.1) is 0 Å². The minimum Gasteiger partial charge on any atom is -0.493 e. The molecule has 1 saturated carbocycles. The maximum Gasteiger partial charge on any atom is 0.162 e. The highest BCUT2D eigenvalue weighted by atomic mass is 16.5. The van der Waals surface area contributed by atoms with Gasteiger partial charge in [-0.3, -0.25) is 0 Å². The molecule has 1 fully saturated rings. The second kappa shape index (κ2) is 7.40. The van der Waals surface area contributed by atoms with Crippen LogP contribution in [-0.4, -0.2) is 24.1 Å². The van der Waals surface area contributed by atoms with E-state index in [2.05, 4.69) is 35.5 Å². The molecule has 0 radical (unpaired) electrons. The lowest BCUT2D eigenvalue weighted by Crippen LogP contribution is -2.12. The fraction of sp³-hybridized carbons (Fsp3) is 0.409. The van der Waals surface area contributed by atoms with Gasteiger partial charge in [-0.1, -0.05) is 29.4 Å². The monoisotopic (exact) mass is 351 g/mol. The first-order chi connectivity index (χ1) is 12.8. The number of rotatable bonds is 4. The summed E-state index contributed by atoms with van der Waals surface area (Å²) in [6, 6.07) is 12.5. The van der Waals surface area contributed by atoms with Gasteiger partial charge in [0.05, 0.1) is 18.9 Å². The van der Waals surface area contributed by atoms with Crippen LogP contribution in [0.3, 0.4) is 0 Å². The molecule has 0 unspecified atom stereocenters. The molecule has 4 heteroatoms. The third-order valence-corrected chi connectivity index (χ3v) is 5.49. The molecule has 4 nitrogen and oxygen atoms in total. The summed E-state index contributed by atoms with van der Waals surface area (Å²) < 4.78 is 11.7. The molecule has 26 heavy (non-hydrogen) atoms. The van der Waals surface area contributed by atoms with Crippen molar-refractivity contribution in [1.82, 2.24) is 0 Å². The summed E-state index contributed by atoms with van der Waals surface area (Å²) in [6.45, 7) is 0. The Hall–Kier alpha value is -2.49. The van der Waals surface area contributed by atoms with Crippen molar-refractivity contribution in [1.29, 1.82) is 0 Å². The van der Waals surface area contributed by atoms with E-state index in [0.29, 0.717) is 6.10 Å². The lowest BCUT2D eigenvalue weighted by atomic mass is 9.87. The molecule has 0 spiro atoms. The van der Waals surface area contributed by atoms with E-state index in [0.717, 1.165) is 66.0 Å². The maximum absolute atomic E-state index is 9.21. The predicted molar refractivity (Wildman–Crippen MR) is 103 cm³/mol. The number of nitrogens with zero attached hydrogens (tertiary/aromatic N) is 1. The van der Waals surface area contributed by atoms with Crippen molar-refractivity contribution < 1.29 is 14.7 Å². The van der Waals surface area contributed by atoms with Crippen molar-refractivity contribution in [2.24, 2.45) is 5.16 Å². The van der Waals surface area contributed by atoms with Gasteiger partial charge in [-0.25, -0.2) is 0 Å². The SMILES string of the molecule is COc1ccc(-c2ccc3c(c2)CCC/C3=N\O)cc1OC1CCCC1. The van der Waals surface area contributed by atoms with E-state index in [-0.39, 0.29) is 0 Å². The highest BCUT2D eigenvalue weighted by Crippen LogP contribution is 2.36. The standard InChI is InChI=1S/C22H25NO3/c1-25-21-12-10-16(14-22(21)26-18-6-2-3-7-18)15-9-11-19-17(13-15)5-4-8-20(19)23-24/h9-14,18,24H,2-8H2,1H3/b23-20+. The molecule has 0 aliphatic heterocycles. The fourth-order valence-electron chi connectivity index (χ4n) is 4.08. The quantitative estimate of drug-likeness (QED) is 0.608. The molecule has 0 atom stereocenters. The first-order valence-corrected chi connectivity index (χ1v) is 9.48. The van der Waals surface area contributed by atoms with E-state index in [1.165, 1.54) is 18.4 Å². The van der Waals surface area contributed by atoms with Crippen molar-refractivity contribution in [3.05, 3.63) is 47.5 Å². The van der Waals surface area contributed by atoms with Gasteiger partial charge in [-0.05, 0) is 73.8 Å². The van der Waals surface area contributed by atoms with Gasteiger partial charge in [-0.2, -0.15) is 0 Å². The third-order valence-electron chi connectivity index (χ3n) is 5.49. The first-order valence-electron chi connectivity index (χ1n) is 9.48. The minimum absolute atomic E-state index is 0.297. The summed E-state index contributed by atoms with van der Waals surface area (Å²) in [4.78, 5) is 0. The Kier molecular flexibility index (Phi) is 4.83. The summed E-state index contributed by atoms with van der Waals surface area (Å²) in [7, 11) is 1.69. The Bertz CT molecular complexity index is 822. The molecular weight excluding hydrogens is 326 g/mol. The van der Waals surface area contributed by atoms with Crippen LogP contribution in [-0.2, 0) is 6.42 Å². The van der Waals surface area contributed by atoms with Crippen LogP contribution in [0.4, 0.5) is 0 Å².